The molecule has 110 valence electrons. The van der Waals surface area contributed by atoms with Gasteiger partial charge < -0.3 is 5.32 Å². The Labute approximate surface area is 124 Å². The van der Waals surface area contributed by atoms with Gasteiger partial charge in [-0.05, 0) is 25.1 Å². The predicted molar refractivity (Wildman–Crippen MR) is 78.9 cm³/mol. The summed E-state index contributed by atoms with van der Waals surface area (Å²) in [5.41, 5.74) is 0.284. The van der Waals surface area contributed by atoms with Gasteiger partial charge >= 0.3 is 0 Å². The van der Waals surface area contributed by atoms with Crippen molar-refractivity contribution in [1.29, 1.82) is 0 Å². The fourth-order valence-corrected chi connectivity index (χ4v) is 1.89. The van der Waals surface area contributed by atoms with Crippen molar-refractivity contribution >= 4 is 11.6 Å². The first kappa shape index (κ1) is 13.7. The lowest BCUT2D eigenvalue weighted by Gasteiger charge is -2.06. The Kier molecular flexibility index (Phi) is 3.48. The van der Waals surface area contributed by atoms with Crippen LogP contribution in [0.3, 0.4) is 0 Å². The van der Waals surface area contributed by atoms with Crippen molar-refractivity contribution in [2.24, 2.45) is 0 Å². The highest BCUT2D eigenvalue weighted by Crippen LogP contribution is 2.12. The second-order valence-corrected chi connectivity index (χ2v) is 4.51. The van der Waals surface area contributed by atoms with Crippen molar-refractivity contribution in [3.63, 3.8) is 0 Å². The molecule has 8 nitrogen and oxygen atoms in total. The smallest absolute Gasteiger partial charge is 0.276 e. The number of amides is 1. The van der Waals surface area contributed by atoms with E-state index in [-0.39, 0.29) is 11.3 Å². The lowest BCUT2D eigenvalue weighted by atomic mass is 10.3. The summed E-state index contributed by atoms with van der Waals surface area (Å²) in [7, 11) is 0. The Morgan fingerprint density at radius 2 is 2.09 bits per heavy atom. The van der Waals surface area contributed by atoms with E-state index in [4.69, 9.17) is 0 Å². The minimum absolute atomic E-state index is 0.120. The molecule has 0 unspecified atom stereocenters. The van der Waals surface area contributed by atoms with Crippen LogP contribution in [0.2, 0.25) is 0 Å². The maximum atomic E-state index is 12.0. The quantitative estimate of drug-likeness (QED) is 0.747. The average molecular weight is 296 g/mol. The van der Waals surface area contributed by atoms with Crippen molar-refractivity contribution in [1.82, 2.24) is 24.7 Å². The highest BCUT2D eigenvalue weighted by molar-refractivity contribution is 6.02. The molecule has 0 radical (unpaired) electrons. The maximum Gasteiger partial charge on any atom is 0.276 e. The molecule has 2 N–H and O–H groups in total. The van der Waals surface area contributed by atoms with E-state index in [1.165, 1.54) is 12.1 Å². The van der Waals surface area contributed by atoms with E-state index in [9.17, 15) is 9.59 Å². The van der Waals surface area contributed by atoms with Crippen LogP contribution in [0.5, 0.6) is 0 Å². The molecule has 0 fully saturated rings. The summed E-state index contributed by atoms with van der Waals surface area (Å²) >= 11 is 0. The van der Waals surface area contributed by atoms with E-state index in [1.54, 1.807) is 30.7 Å². The summed E-state index contributed by atoms with van der Waals surface area (Å²) in [4.78, 5) is 31.3. The summed E-state index contributed by atoms with van der Waals surface area (Å²) in [5.74, 6) is 1.10. The molecule has 0 bridgehead atoms. The van der Waals surface area contributed by atoms with E-state index in [2.05, 4.69) is 25.5 Å². The monoisotopic (exact) mass is 296 g/mol. The molecule has 3 aromatic heterocycles. The molecule has 0 aliphatic carbocycles. The molecule has 0 aliphatic rings. The number of anilines is 1. The molecular formula is C14H12N6O2. The van der Waals surface area contributed by atoms with Gasteiger partial charge in [-0.15, -0.1) is 0 Å². The van der Waals surface area contributed by atoms with Crippen molar-refractivity contribution in [2.75, 3.05) is 5.32 Å². The van der Waals surface area contributed by atoms with E-state index in [0.29, 0.717) is 11.5 Å². The van der Waals surface area contributed by atoms with Crippen LogP contribution in [0, 0.1) is 6.92 Å². The Morgan fingerprint density at radius 3 is 2.68 bits per heavy atom. The summed E-state index contributed by atoms with van der Waals surface area (Å²) in [5, 5.41) is 8.52. The maximum absolute atomic E-state index is 12.0. The summed E-state index contributed by atoms with van der Waals surface area (Å²) in [6, 6.07) is 6.09. The van der Waals surface area contributed by atoms with Gasteiger partial charge in [-0.25, -0.2) is 15.1 Å². The number of hydrogen-bond donors (Lipinski definition) is 2. The first-order valence-corrected chi connectivity index (χ1v) is 6.47. The highest BCUT2D eigenvalue weighted by atomic mass is 16.2. The van der Waals surface area contributed by atoms with Crippen molar-refractivity contribution in [3.05, 3.63) is 64.7 Å². The third-order valence-corrected chi connectivity index (χ3v) is 2.99. The number of hydrogen-bond acceptors (Lipinski definition) is 5. The third-order valence-electron chi connectivity index (χ3n) is 2.99. The van der Waals surface area contributed by atoms with E-state index < -0.39 is 5.91 Å². The standard InChI is InChI=1S/C14H12N6O2/c1-9-15-6-7-20(9)12-4-2-10(8-16-12)17-14(22)11-3-5-13(21)19-18-11/h2-8H,1H3,(H,17,22)(H,19,21). The zero-order valence-electron chi connectivity index (χ0n) is 11.6. The number of carbonyl (C=O) groups is 1. The molecule has 0 saturated carbocycles. The minimum Gasteiger partial charge on any atom is -0.319 e. The minimum atomic E-state index is -0.426. The van der Waals surface area contributed by atoms with Crippen molar-refractivity contribution < 1.29 is 4.79 Å². The van der Waals surface area contributed by atoms with E-state index >= 15 is 0 Å². The number of aromatic amines is 1. The lowest BCUT2D eigenvalue weighted by molar-refractivity contribution is 0.102. The first-order chi connectivity index (χ1) is 10.6. The highest BCUT2D eigenvalue weighted by Gasteiger charge is 2.08. The number of rotatable bonds is 3. The zero-order valence-corrected chi connectivity index (χ0v) is 11.6. The number of H-pyrrole nitrogens is 1. The van der Waals surface area contributed by atoms with Gasteiger partial charge in [0.2, 0.25) is 0 Å². The lowest BCUT2D eigenvalue weighted by Crippen LogP contribution is -2.17. The molecule has 8 heteroatoms. The second-order valence-electron chi connectivity index (χ2n) is 4.51. The van der Waals surface area contributed by atoms with Crippen LogP contribution in [0.4, 0.5) is 5.69 Å². The Balaban J connectivity index is 1.76. The molecule has 0 aliphatic heterocycles. The molecule has 1 amide bonds. The topological polar surface area (TPSA) is 106 Å². The zero-order chi connectivity index (χ0) is 15.5. The average Bonchev–Trinajstić information content (AvgIpc) is 2.95. The molecule has 22 heavy (non-hydrogen) atoms. The van der Waals surface area contributed by atoms with Crippen LogP contribution in [0.1, 0.15) is 16.3 Å². The van der Waals surface area contributed by atoms with Gasteiger partial charge in [-0.3, -0.25) is 14.2 Å². The molecule has 0 aromatic carbocycles. The molecule has 3 rings (SSSR count). The van der Waals surface area contributed by atoms with Gasteiger partial charge in [0.05, 0.1) is 11.9 Å². The summed E-state index contributed by atoms with van der Waals surface area (Å²) in [6.45, 7) is 1.87. The molecular weight excluding hydrogens is 284 g/mol. The van der Waals surface area contributed by atoms with E-state index in [0.717, 1.165) is 5.82 Å². The molecule has 3 aromatic rings. The van der Waals surface area contributed by atoms with Gasteiger partial charge in [0, 0.05) is 18.5 Å². The van der Waals surface area contributed by atoms with Gasteiger partial charge in [0.25, 0.3) is 11.5 Å². The fourth-order valence-electron chi connectivity index (χ4n) is 1.89. The normalized spacial score (nSPS) is 10.4. The van der Waals surface area contributed by atoms with Crippen LogP contribution in [-0.4, -0.2) is 30.6 Å². The summed E-state index contributed by atoms with van der Waals surface area (Å²) in [6.07, 6.45) is 5.03. The number of nitrogens with zero attached hydrogens (tertiary/aromatic N) is 4. The van der Waals surface area contributed by atoms with Gasteiger partial charge in [-0.1, -0.05) is 0 Å². The van der Waals surface area contributed by atoms with Crippen molar-refractivity contribution in [2.45, 2.75) is 6.92 Å². The molecule has 0 atom stereocenters. The Hall–Kier alpha value is -3.29. The van der Waals surface area contributed by atoms with Gasteiger partial charge in [0.1, 0.15) is 17.3 Å². The molecule has 0 spiro atoms. The first-order valence-electron chi connectivity index (χ1n) is 6.47. The van der Waals surface area contributed by atoms with Crippen LogP contribution in [0.25, 0.3) is 5.82 Å². The van der Waals surface area contributed by atoms with Crippen LogP contribution >= 0.6 is 0 Å². The van der Waals surface area contributed by atoms with Crippen molar-refractivity contribution in [3.8, 4) is 5.82 Å². The predicted octanol–water partition coefficient (Wildman–Crippen LogP) is 0.911. The third kappa shape index (κ3) is 2.75. The Bertz CT molecular complexity index is 845. The molecule has 3 heterocycles. The largest absolute Gasteiger partial charge is 0.319 e. The molecule has 0 saturated heterocycles. The van der Waals surface area contributed by atoms with Gasteiger partial charge in [-0.2, -0.15) is 5.10 Å². The second kappa shape index (κ2) is 5.60. The SMILES string of the molecule is Cc1nccn1-c1ccc(NC(=O)c2ccc(=O)[nH]n2)cn1. The number of aryl methyl sites for hydroxylation is 1. The van der Waals surface area contributed by atoms with Crippen LogP contribution in [-0.2, 0) is 0 Å². The fraction of sp³-hybridized carbons (Fsp3) is 0.0714. The van der Waals surface area contributed by atoms with Crippen LogP contribution < -0.4 is 10.9 Å². The number of pyridine rings is 1. The van der Waals surface area contributed by atoms with Gasteiger partial charge in [0.15, 0.2) is 0 Å². The number of carbonyl (C=O) groups excluding carboxylic acids is 1. The van der Waals surface area contributed by atoms with Crippen LogP contribution in [0.15, 0.2) is 47.7 Å². The summed E-state index contributed by atoms with van der Waals surface area (Å²) < 4.78 is 1.83. The Morgan fingerprint density at radius 1 is 1.23 bits per heavy atom. The van der Waals surface area contributed by atoms with E-state index in [1.807, 2.05) is 11.5 Å². The number of imidazole rings is 1. The number of nitrogens with one attached hydrogen (secondary N) is 2. The number of aromatic nitrogens is 5.